The first-order chi connectivity index (χ1) is 10.4. The highest BCUT2D eigenvalue weighted by Crippen LogP contribution is 2.19. The maximum atomic E-state index is 11.8. The molecule has 0 saturated carbocycles. The van der Waals surface area contributed by atoms with Crippen LogP contribution in [0, 0.1) is 0 Å². The Balaban J connectivity index is 1.76. The summed E-state index contributed by atoms with van der Waals surface area (Å²) in [6.45, 7) is 8.09. The third kappa shape index (κ3) is 4.59. The van der Waals surface area contributed by atoms with Crippen molar-refractivity contribution in [3.8, 4) is 0 Å². The van der Waals surface area contributed by atoms with Gasteiger partial charge in [0.2, 0.25) is 16.9 Å². The summed E-state index contributed by atoms with van der Waals surface area (Å²) in [5, 5.41) is 16.1. The first-order valence-electron chi connectivity index (χ1n) is 7.33. The van der Waals surface area contributed by atoms with Gasteiger partial charge < -0.3 is 9.84 Å². The summed E-state index contributed by atoms with van der Waals surface area (Å²) in [4.78, 5) is 16.2. The van der Waals surface area contributed by atoms with Gasteiger partial charge in [-0.15, -0.1) is 10.2 Å². The molecule has 0 aliphatic rings. The summed E-state index contributed by atoms with van der Waals surface area (Å²) in [5.41, 5.74) is -0.131. The monoisotopic (exact) mass is 323 g/mol. The van der Waals surface area contributed by atoms with E-state index in [0.29, 0.717) is 36.1 Å². The predicted molar refractivity (Wildman–Crippen MR) is 83.9 cm³/mol. The number of carbonyl (C=O) groups is 1. The zero-order chi connectivity index (χ0) is 16.2. The standard InChI is InChI=1S/C14H21N5O2S/c1-5-11-17-18-13(22-11)15-9(20)7-6-8-10-16-12(19-21-10)14(2,3)4/h5-8H2,1-4H3,(H,15,18,20). The first kappa shape index (κ1) is 16.5. The Labute approximate surface area is 133 Å². The van der Waals surface area contributed by atoms with E-state index in [1.807, 2.05) is 27.7 Å². The number of hydrogen-bond acceptors (Lipinski definition) is 7. The number of aromatic nitrogens is 4. The van der Waals surface area contributed by atoms with E-state index in [1.165, 1.54) is 11.3 Å². The van der Waals surface area contributed by atoms with E-state index < -0.39 is 0 Å². The van der Waals surface area contributed by atoms with Crippen LogP contribution < -0.4 is 5.32 Å². The molecule has 0 bridgehead atoms. The Morgan fingerprint density at radius 1 is 1.32 bits per heavy atom. The Hall–Kier alpha value is -1.83. The third-order valence-electron chi connectivity index (χ3n) is 2.95. The largest absolute Gasteiger partial charge is 0.339 e. The number of nitrogens with one attached hydrogen (secondary N) is 1. The van der Waals surface area contributed by atoms with Gasteiger partial charge in [0.15, 0.2) is 5.82 Å². The molecule has 22 heavy (non-hydrogen) atoms. The second-order valence-electron chi connectivity index (χ2n) is 6.02. The van der Waals surface area contributed by atoms with E-state index in [9.17, 15) is 4.79 Å². The van der Waals surface area contributed by atoms with E-state index in [2.05, 4.69) is 25.7 Å². The average molecular weight is 323 g/mol. The van der Waals surface area contributed by atoms with Crippen LogP contribution in [0.3, 0.4) is 0 Å². The summed E-state index contributed by atoms with van der Waals surface area (Å²) in [5.74, 6) is 1.18. The average Bonchev–Trinajstić information content (AvgIpc) is 3.07. The molecule has 2 aromatic heterocycles. The first-order valence-corrected chi connectivity index (χ1v) is 8.15. The van der Waals surface area contributed by atoms with Crippen LogP contribution in [-0.2, 0) is 23.1 Å². The molecule has 0 spiro atoms. The Kier molecular flexibility index (Phi) is 5.23. The molecule has 0 fully saturated rings. The molecular formula is C14H21N5O2S. The van der Waals surface area contributed by atoms with Gasteiger partial charge in [0, 0.05) is 18.3 Å². The van der Waals surface area contributed by atoms with E-state index in [-0.39, 0.29) is 11.3 Å². The van der Waals surface area contributed by atoms with Crippen LogP contribution in [0.1, 0.15) is 57.3 Å². The third-order valence-corrected chi connectivity index (χ3v) is 3.93. The highest BCUT2D eigenvalue weighted by Gasteiger charge is 2.20. The fourth-order valence-corrected chi connectivity index (χ4v) is 2.39. The molecular weight excluding hydrogens is 302 g/mol. The minimum atomic E-state index is -0.131. The molecule has 8 heteroatoms. The van der Waals surface area contributed by atoms with E-state index in [1.54, 1.807) is 0 Å². The van der Waals surface area contributed by atoms with Gasteiger partial charge in [0.05, 0.1) is 0 Å². The van der Waals surface area contributed by atoms with Crippen LogP contribution in [0.2, 0.25) is 0 Å². The molecule has 2 rings (SSSR count). The smallest absolute Gasteiger partial charge is 0.226 e. The molecule has 0 radical (unpaired) electrons. The molecule has 0 unspecified atom stereocenters. The lowest BCUT2D eigenvalue weighted by atomic mass is 9.96. The van der Waals surface area contributed by atoms with Gasteiger partial charge in [-0.1, -0.05) is 44.2 Å². The van der Waals surface area contributed by atoms with E-state index in [0.717, 1.165) is 11.4 Å². The van der Waals surface area contributed by atoms with Crippen molar-refractivity contribution in [3.05, 3.63) is 16.7 Å². The zero-order valence-corrected chi connectivity index (χ0v) is 14.2. The predicted octanol–water partition coefficient (Wildman–Crippen LogP) is 2.74. The second kappa shape index (κ2) is 6.95. The number of nitrogens with zero attached hydrogens (tertiary/aromatic N) is 4. The molecule has 0 atom stereocenters. The maximum Gasteiger partial charge on any atom is 0.226 e. The Morgan fingerprint density at radius 2 is 2.09 bits per heavy atom. The molecule has 0 aromatic carbocycles. The molecule has 7 nitrogen and oxygen atoms in total. The summed E-state index contributed by atoms with van der Waals surface area (Å²) < 4.78 is 5.20. The quantitative estimate of drug-likeness (QED) is 0.878. The van der Waals surface area contributed by atoms with Crippen molar-refractivity contribution in [1.29, 1.82) is 0 Å². The minimum absolute atomic E-state index is 0.0747. The molecule has 1 N–H and O–H groups in total. The van der Waals surface area contributed by atoms with Gasteiger partial charge in [-0.3, -0.25) is 4.79 Å². The summed E-state index contributed by atoms with van der Waals surface area (Å²) >= 11 is 1.40. The normalized spacial score (nSPS) is 11.6. The van der Waals surface area contributed by atoms with Crippen LogP contribution >= 0.6 is 11.3 Å². The van der Waals surface area contributed by atoms with Crippen molar-refractivity contribution in [2.45, 2.75) is 58.8 Å². The second-order valence-corrected chi connectivity index (χ2v) is 7.08. The van der Waals surface area contributed by atoms with E-state index in [4.69, 9.17) is 4.52 Å². The maximum absolute atomic E-state index is 11.8. The van der Waals surface area contributed by atoms with Crippen LogP contribution in [0.25, 0.3) is 0 Å². The molecule has 1 amide bonds. The van der Waals surface area contributed by atoms with Gasteiger partial charge in [-0.2, -0.15) is 4.98 Å². The van der Waals surface area contributed by atoms with Crippen molar-refractivity contribution in [1.82, 2.24) is 20.3 Å². The summed E-state index contributed by atoms with van der Waals surface area (Å²) in [6, 6.07) is 0. The van der Waals surface area contributed by atoms with Crippen LogP contribution in [0.5, 0.6) is 0 Å². The van der Waals surface area contributed by atoms with Crippen molar-refractivity contribution >= 4 is 22.4 Å². The highest BCUT2D eigenvalue weighted by atomic mass is 32.1. The fourth-order valence-electron chi connectivity index (χ4n) is 1.69. The van der Waals surface area contributed by atoms with Crippen LogP contribution in [0.4, 0.5) is 5.13 Å². The lowest BCUT2D eigenvalue weighted by Crippen LogP contribution is -2.13. The molecule has 0 aliphatic heterocycles. The van der Waals surface area contributed by atoms with Gasteiger partial charge in [0.25, 0.3) is 0 Å². The topological polar surface area (TPSA) is 93.8 Å². The minimum Gasteiger partial charge on any atom is -0.339 e. The molecule has 120 valence electrons. The van der Waals surface area contributed by atoms with Gasteiger partial charge in [-0.25, -0.2) is 0 Å². The van der Waals surface area contributed by atoms with E-state index >= 15 is 0 Å². The number of rotatable bonds is 6. The van der Waals surface area contributed by atoms with Gasteiger partial charge >= 0.3 is 0 Å². The molecule has 0 saturated heterocycles. The van der Waals surface area contributed by atoms with Crippen LogP contribution in [-0.4, -0.2) is 26.2 Å². The van der Waals surface area contributed by atoms with Crippen molar-refractivity contribution in [3.63, 3.8) is 0 Å². The Bertz CT molecular complexity index is 629. The SMILES string of the molecule is CCc1nnc(NC(=O)CCCc2nc(C(C)(C)C)no2)s1. The number of hydrogen-bond donors (Lipinski definition) is 1. The van der Waals surface area contributed by atoms with Crippen molar-refractivity contribution in [2.24, 2.45) is 0 Å². The number of anilines is 1. The fraction of sp³-hybridized carbons (Fsp3) is 0.643. The Morgan fingerprint density at radius 3 is 2.68 bits per heavy atom. The molecule has 2 aromatic rings. The van der Waals surface area contributed by atoms with Crippen LogP contribution in [0.15, 0.2) is 4.52 Å². The summed E-state index contributed by atoms with van der Waals surface area (Å²) in [7, 11) is 0. The lowest BCUT2D eigenvalue weighted by molar-refractivity contribution is -0.116. The molecule has 2 heterocycles. The highest BCUT2D eigenvalue weighted by molar-refractivity contribution is 7.15. The summed E-state index contributed by atoms with van der Waals surface area (Å²) in [6.07, 6.45) is 2.44. The molecule has 0 aliphatic carbocycles. The van der Waals surface area contributed by atoms with Crippen molar-refractivity contribution < 1.29 is 9.32 Å². The van der Waals surface area contributed by atoms with Gasteiger partial charge in [0.1, 0.15) is 5.01 Å². The van der Waals surface area contributed by atoms with Gasteiger partial charge in [-0.05, 0) is 12.8 Å². The van der Waals surface area contributed by atoms with Crippen molar-refractivity contribution in [2.75, 3.05) is 5.32 Å². The lowest BCUT2D eigenvalue weighted by Gasteiger charge is -2.10. The number of amides is 1. The zero-order valence-electron chi connectivity index (χ0n) is 13.3. The number of aryl methyl sites for hydroxylation is 2. The number of carbonyl (C=O) groups excluding carboxylic acids is 1.